The van der Waals surface area contributed by atoms with Crippen LogP contribution in [0, 0.1) is 6.92 Å². The molecule has 0 saturated carbocycles. The highest BCUT2D eigenvalue weighted by molar-refractivity contribution is 5.98. The van der Waals surface area contributed by atoms with E-state index in [2.05, 4.69) is 10.1 Å². The summed E-state index contributed by atoms with van der Waals surface area (Å²) < 4.78 is 4.59. The lowest BCUT2D eigenvalue weighted by Gasteiger charge is -2.15. The first-order chi connectivity index (χ1) is 10.5. The summed E-state index contributed by atoms with van der Waals surface area (Å²) in [4.78, 5) is 35.1. The van der Waals surface area contributed by atoms with Crippen LogP contribution in [0.4, 0.5) is 0 Å². The van der Waals surface area contributed by atoms with E-state index in [4.69, 9.17) is 0 Å². The second kappa shape index (κ2) is 8.97. The molecule has 0 aliphatic rings. The molecule has 0 saturated heterocycles. The molecule has 0 aromatic heterocycles. The van der Waals surface area contributed by atoms with E-state index in [-0.39, 0.29) is 43.0 Å². The van der Waals surface area contributed by atoms with Crippen molar-refractivity contribution in [2.45, 2.75) is 45.6 Å². The number of rotatable bonds is 8. The fourth-order valence-corrected chi connectivity index (χ4v) is 1.99. The molecule has 0 aliphatic carbocycles. The fourth-order valence-electron chi connectivity index (χ4n) is 1.99. The lowest BCUT2D eigenvalue weighted by Crippen LogP contribution is -2.36. The maximum absolute atomic E-state index is 12.0. The summed E-state index contributed by atoms with van der Waals surface area (Å²) in [6.07, 6.45) is 1.05. The highest BCUT2D eigenvalue weighted by Gasteiger charge is 2.16. The molecule has 1 aromatic rings. The summed E-state index contributed by atoms with van der Waals surface area (Å²) in [5.41, 5.74) is 1.70. The number of hydrogen-bond acceptors (Lipinski definition) is 4. The Labute approximate surface area is 131 Å². The molecule has 0 bridgehead atoms. The van der Waals surface area contributed by atoms with Gasteiger partial charge in [0.25, 0.3) is 0 Å². The van der Waals surface area contributed by atoms with Crippen molar-refractivity contribution in [2.24, 2.45) is 0 Å². The molecule has 1 rings (SSSR count). The SMILES string of the molecule is CCC(CC(=O)OC)NC(=O)CCC(=O)c1ccc(C)cc1. The number of ketones is 1. The van der Waals surface area contributed by atoms with Gasteiger partial charge in [-0.05, 0) is 13.3 Å². The summed E-state index contributed by atoms with van der Waals surface area (Å²) in [6.45, 7) is 3.83. The van der Waals surface area contributed by atoms with Gasteiger partial charge in [0.15, 0.2) is 5.78 Å². The van der Waals surface area contributed by atoms with Gasteiger partial charge in [0.1, 0.15) is 0 Å². The Morgan fingerprint density at radius 1 is 1.14 bits per heavy atom. The predicted molar refractivity (Wildman–Crippen MR) is 83.6 cm³/mol. The third kappa shape index (κ3) is 6.08. The zero-order valence-electron chi connectivity index (χ0n) is 13.3. The Hall–Kier alpha value is -2.17. The van der Waals surface area contributed by atoms with Gasteiger partial charge in [-0.25, -0.2) is 0 Å². The Bertz CT molecular complexity index is 522. The monoisotopic (exact) mass is 305 g/mol. The lowest BCUT2D eigenvalue weighted by molar-refractivity contribution is -0.141. The van der Waals surface area contributed by atoms with Crippen molar-refractivity contribution in [2.75, 3.05) is 7.11 Å². The predicted octanol–water partition coefficient (Wildman–Crippen LogP) is 2.42. The number of Topliss-reactive ketones (excluding diaryl/α,β-unsaturated/α-hetero) is 1. The second-order valence-corrected chi connectivity index (χ2v) is 5.24. The number of ether oxygens (including phenoxy) is 1. The van der Waals surface area contributed by atoms with Crippen molar-refractivity contribution in [3.63, 3.8) is 0 Å². The summed E-state index contributed by atoms with van der Waals surface area (Å²) in [7, 11) is 1.32. The van der Waals surface area contributed by atoms with E-state index in [0.717, 1.165) is 5.56 Å². The molecule has 1 N–H and O–H groups in total. The van der Waals surface area contributed by atoms with Gasteiger partial charge < -0.3 is 10.1 Å². The highest BCUT2D eigenvalue weighted by Crippen LogP contribution is 2.08. The minimum atomic E-state index is -0.358. The lowest BCUT2D eigenvalue weighted by atomic mass is 10.0. The maximum atomic E-state index is 12.0. The second-order valence-electron chi connectivity index (χ2n) is 5.24. The fraction of sp³-hybridized carbons (Fsp3) is 0.471. The van der Waals surface area contributed by atoms with E-state index in [1.807, 2.05) is 26.0 Å². The molecule has 1 amide bonds. The third-order valence-electron chi connectivity index (χ3n) is 3.45. The van der Waals surface area contributed by atoms with Crippen LogP contribution in [-0.4, -0.2) is 30.8 Å². The first-order valence-electron chi connectivity index (χ1n) is 7.42. The smallest absolute Gasteiger partial charge is 0.307 e. The molecule has 5 nitrogen and oxygen atoms in total. The van der Waals surface area contributed by atoms with Gasteiger partial charge in [0, 0.05) is 24.4 Å². The molecule has 0 fully saturated rings. The van der Waals surface area contributed by atoms with Gasteiger partial charge in [-0.3, -0.25) is 14.4 Å². The van der Waals surface area contributed by atoms with Crippen LogP contribution in [-0.2, 0) is 14.3 Å². The molecule has 0 aliphatic heterocycles. The summed E-state index contributed by atoms with van der Waals surface area (Å²) in [5, 5.41) is 2.76. The molecule has 1 aromatic carbocycles. The normalized spacial score (nSPS) is 11.6. The van der Waals surface area contributed by atoms with Crippen LogP contribution in [0.2, 0.25) is 0 Å². The Balaban J connectivity index is 2.43. The van der Waals surface area contributed by atoms with Gasteiger partial charge in [-0.15, -0.1) is 0 Å². The van der Waals surface area contributed by atoms with Crippen molar-refractivity contribution >= 4 is 17.7 Å². The summed E-state index contributed by atoms with van der Waals surface area (Å²) >= 11 is 0. The number of esters is 1. The van der Waals surface area contributed by atoms with Crippen LogP contribution in [0.5, 0.6) is 0 Å². The zero-order chi connectivity index (χ0) is 16.5. The van der Waals surface area contributed by atoms with Crippen molar-refractivity contribution in [1.29, 1.82) is 0 Å². The molecule has 120 valence electrons. The quantitative estimate of drug-likeness (QED) is 0.591. The maximum Gasteiger partial charge on any atom is 0.307 e. The highest BCUT2D eigenvalue weighted by atomic mass is 16.5. The molecule has 0 radical (unpaired) electrons. The molecular formula is C17H23NO4. The number of methoxy groups -OCH3 is 1. The number of amides is 1. The van der Waals surface area contributed by atoms with Crippen LogP contribution >= 0.6 is 0 Å². The number of hydrogen-bond donors (Lipinski definition) is 1. The molecule has 0 heterocycles. The Morgan fingerprint density at radius 3 is 2.32 bits per heavy atom. The van der Waals surface area contributed by atoms with Crippen LogP contribution < -0.4 is 5.32 Å². The first-order valence-corrected chi connectivity index (χ1v) is 7.42. The Kier molecular flexibility index (Phi) is 7.29. The van der Waals surface area contributed by atoms with Crippen LogP contribution in [0.25, 0.3) is 0 Å². The number of aryl methyl sites for hydroxylation is 1. The van der Waals surface area contributed by atoms with Crippen molar-refractivity contribution in [3.05, 3.63) is 35.4 Å². The van der Waals surface area contributed by atoms with Crippen LogP contribution in [0.3, 0.4) is 0 Å². The van der Waals surface area contributed by atoms with E-state index >= 15 is 0 Å². The summed E-state index contributed by atoms with van der Waals surface area (Å²) in [6, 6.07) is 7.02. The molecule has 5 heteroatoms. The number of carbonyl (C=O) groups excluding carboxylic acids is 3. The van der Waals surface area contributed by atoms with Crippen molar-refractivity contribution in [3.8, 4) is 0 Å². The topological polar surface area (TPSA) is 72.5 Å². The van der Waals surface area contributed by atoms with Crippen LogP contribution in [0.15, 0.2) is 24.3 Å². The Morgan fingerprint density at radius 2 is 1.77 bits per heavy atom. The zero-order valence-corrected chi connectivity index (χ0v) is 13.3. The largest absolute Gasteiger partial charge is 0.469 e. The number of benzene rings is 1. The third-order valence-corrected chi connectivity index (χ3v) is 3.45. The first kappa shape index (κ1) is 17.9. The van der Waals surface area contributed by atoms with Gasteiger partial charge in [0.05, 0.1) is 13.5 Å². The number of carbonyl (C=O) groups is 3. The standard InChI is InChI=1S/C17H23NO4/c1-4-14(11-17(21)22-3)18-16(20)10-9-15(19)13-7-5-12(2)6-8-13/h5-8,14H,4,9-11H2,1-3H3,(H,18,20). The molecule has 0 spiro atoms. The molecular weight excluding hydrogens is 282 g/mol. The molecule has 22 heavy (non-hydrogen) atoms. The van der Waals surface area contributed by atoms with Crippen LogP contribution in [0.1, 0.15) is 48.5 Å². The minimum Gasteiger partial charge on any atom is -0.469 e. The van der Waals surface area contributed by atoms with E-state index in [0.29, 0.717) is 12.0 Å². The van der Waals surface area contributed by atoms with Gasteiger partial charge in [0.2, 0.25) is 5.91 Å². The van der Waals surface area contributed by atoms with Gasteiger partial charge >= 0.3 is 5.97 Å². The van der Waals surface area contributed by atoms with Gasteiger partial charge in [-0.2, -0.15) is 0 Å². The van der Waals surface area contributed by atoms with Crippen molar-refractivity contribution < 1.29 is 19.1 Å². The molecule has 1 unspecified atom stereocenters. The van der Waals surface area contributed by atoms with Gasteiger partial charge in [-0.1, -0.05) is 36.8 Å². The minimum absolute atomic E-state index is 0.0591. The van der Waals surface area contributed by atoms with Crippen molar-refractivity contribution in [1.82, 2.24) is 5.32 Å². The molecule has 1 atom stereocenters. The number of nitrogens with one attached hydrogen (secondary N) is 1. The van der Waals surface area contributed by atoms with E-state index in [9.17, 15) is 14.4 Å². The average molecular weight is 305 g/mol. The van der Waals surface area contributed by atoms with E-state index < -0.39 is 0 Å². The summed E-state index contributed by atoms with van der Waals surface area (Å²) in [5.74, 6) is -0.643. The van der Waals surface area contributed by atoms with E-state index in [1.54, 1.807) is 12.1 Å². The average Bonchev–Trinajstić information content (AvgIpc) is 2.52. The van der Waals surface area contributed by atoms with E-state index in [1.165, 1.54) is 7.11 Å².